The Kier molecular flexibility index (Phi) is 5.81. The van der Waals surface area contributed by atoms with Gasteiger partial charge in [0.25, 0.3) is 0 Å². The number of anilines is 1. The third kappa shape index (κ3) is 4.56. The van der Waals surface area contributed by atoms with Crippen molar-refractivity contribution in [2.45, 2.75) is 46.3 Å². The first-order chi connectivity index (χ1) is 15.4. The summed E-state index contributed by atoms with van der Waals surface area (Å²) in [5.74, 6) is 0.102. The van der Waals surface area contributed by atoms with E-state index in [9.17, 15) is 0 Å². The highest BCUT2D eigenvalue weighted by Gasteiger charge is 2.31. The molecule has 6 heteroatoms. The molecule has 0 fully saturated rings. The molecule has 160 valence electrons. The van der Waals surface area contributed by atoms with E-state index in [1.807, 2.05) is 75.5 Å². The van der Waals surface area contributed by atoms with Crippen molar-refractivity contribution in [2.24, 2.45) is 0 Å². The molecule has 32 heavy (non-hydrogen) atoms. The molecule has 1 aromatic heterocycles. The molecule has 6 nitrogen and oxygen atoms in total. The highest BCUT2D eigenvalue weighted by molar-refractivity contribution is 5.52. The minimum atomic E-state index is -0.687. The van der Waals surface area contributed by atoms with Crippen molar-refractivity contribution in [3.05, 3.63) is 88.2 Å². The monoisotopic (exact) mass is 424 g/mol. The van der Waals surface area contributed by atoms with Crippen LogP contribution in [0.2, 0.25) is 0 Å². The second-order valence-corrected chi connectivity index (χ2v) is 8.29. The van der Waals surface area contributed by atoms with Crippen LogP contribution in [-0.2, 0) is 24.4 Å². The Hall–Kier alpha value is -3.87. The number of nitrogens with zero attached hydrogens (tertiary/aromatic N) is 4. The lowest BCUT2D eigenvalue weighted by Gasteiger charge is -2.35. The first-order valence-electron chi connectivity index (χ1n) is 10.4. The minimum absolute atomic E-state index is 0.457. The second kappa shape index (κ2) is 8.70. The SMILES string of the molecule is Cc1ncc(CN(Cc2ccc(C#N)cc2)c2ccc(C#N)cc2)c2c1OC(C)(C)OC2. The summed E-state index contributed by atoms with van der Waals surface area (Å²) in [5, 5.41) is 18.2. The van der Waals surface area contributed by atoms with Gasteiger partial charge in [-0.05, 0) is 54.4 Å². The van der Waals surface area contributed by atoms with E-state index in [2.05, 4.69) is 22.0 Å². The van der Waals surface area contributed by atoms with Crippen molar-refractivity contribution in [1.82, 2.24) is 4.98 Å². The smallest absolute Gasteiger partial charge is 0.205 e. The Labute approximate surface area is 188 Å². The summed E-state index contributed by atoms with van der Waals surface area (Å²) in [6, 6.07) is 19.4. The second-order valence-electron chi connectivity index (χ2n) is 8.29. The summed E-state index contributed by atoms with van der Waals surface area (Å²) in [6.45, 7) is 7.42. The van der Waals surface area contributed by atoms with Crippen molar-refractivity contribution < 1.29 is 9.47 Å². The van der Waals surface area contributed by atoms with Crippen LogP contribution in [0, 0.1) is 29.6 Å². The van der Waals surface area contributed by atoms with Crippen LogP contribution in [-0.4, -0.2) is 10.8 Å². The predicted molar refractivity (Wildman–Crippen MR) is 121 cm³/mol. The van der Waals surface area contributed by atoms with Crippen molar-refractivity contribution in [2.75, 3.05) is 4.90 Å². The normalized spacial score (nSPS) is 13.9. The zero-order valence-corrected chi connectivity index (χ0v) is 18.4. The van der Waals surface area contributed by atoms with Gasteiger partial charge in [0.05, 0.1) is 35.6 Å². The number of ether oxygens (including phenoxy) is 2. The fourth-order valence-electron chi connectivity index (χ4n) is 3.72. The van der Waals surface area contributed by atoms with Gasteiger partial charge in [0.2, 0.25) is 5.79 Å². The summed E-state index contributed by atoms with van der Waals surface area (Å²) < 4.78 is 12.0. The first kappa shape index (κ1) is 21.4. The van der Waals surface area contributed by atoms with Crippen LogP contribution in [0.5, 0.6) is 5.75 Å². The van der Waals surface area contributed by atoms with Crippen molar-refractivity contribution >= 4 is 5.69 Å². The molecule has 2 aromatic carbocycles. The molecule has 1 aliphatic heterocycles. The van der Waals surface area contributed by atoms with Crippen molar-refractivity contribution in [3.8, 4) is 17.9 Å². The molecule has 0 spiro atoms. The van der Waals surface area contributed by atoms with E-state index in [0.29, 0.717) is 30.8 Å². The van der Waals surface area contributed by atoms with E-state index in [-0.39, 0.29) is 0 Å². The molecular weight excluding hydrogens is 400 g/mol. The van der Waals surface area contributed by atoms with E-state index in [0.717, 1.165) is 33.8 Å². The van der Waals surface area contributed by atoms with Gasteiger partial charge in [0, 0.05) is 44.4 Å². The van der Waals surface area contributed by atoms with Gasteiger partial charge >= 0.3 is 0 Å². The zero-order valence-electron chi connectivity index (χ0n) is 18.4. The molecule has 3 aromatic rings. The number of rotatable bonds is 5. The Balaban J connectivity index is 1.69. The fraction of sp³-hybridized carbons (Fsp3) is 0.269. The maximum atomic E-state index is 9.16. The summed E-state index contributed by atoms with van der Waals surface area (Å²) in [7, 11) is 0. The molecule has 1 aliphatic rings. The first-order valence-corrected chi connectivity index (χ1v) is 10.4. The van der Waals surface area contributed by atoms with Crippen molar-refractivity contribution in [3.63, 3.8) is 0 Å². The van der Waals surface area contributed by atoms with E-state index in [4.69, 9.17) is 20.0 Å². The lowest BCUT2D eigenvalue weighted by atomic mass is 10.0. The van der Waals surface area contributed by atoms with Gasteiger partial charge < -0.3 is 14.4 Å². The number of hydrogen-bond donors (Lipinski definition) is 0. The molecule has 0 atom stereocenters. The average molecular weight is 425 g/mol. The van der Waals surface area contributed by atoms with E-state index in [1.165, 1.54) is 0 Å². The average Bonchev–Trinajstić information content (AvgIpc) is 2.80. The Morgan fingerprint density at radius 2 is 1.59 bits per heavy atom. The summed E-state index contributed by atoms with van der Waals surface area (Å²) >= 11 is 0. The highest BCUT2D eigenvalue weighted by atomic mass is 16.7. The van der Waals surface area contributed by atoms with Crippen LogP contribution >= 0.6 is 0 Å². The lowest BCUT2D eigenvalue weighted by molar-refractivity contribution is -0.180. The predicted octanol–water partition coefficient (Wildman–Crippen LogP) is 4.99. The molecule has 2 heterocycles. The maximum Gasteiger partial charge on any atom is 0.205 e. The van der Waals surface area contributed by atoms with Gasteiger partial charge in [-0.2, -0.15) is 10.5 Å². The molecule has 0 saturated carbocycles. The lowest BCUT2D eigenvalue weighted by Crippen LogP contribution is -2.36. The summed E-state index contributed by atoms with van der Waals surface area (Å²) in [4.78, 5) is 6.79. The number of aromatic nitrogens is 1. The van der Waals surface area contributed by atoms with Crippen molar-refractivity contribution in [1.29, 1.82) is 10.5 Å². The topological polar surface area (TPSA) is 82.2 Å². The van der Waals surface area contributed by atoms with E-state index < -0.39 is 5.79 Å². The van der Waals surface area contributed by atoms with Gasteiger partial charge in [0.1, 0.15) is 5.75 Å². The number of benzene rings is 2. The molecule has 0 bridgehead atoms. The number of nitriles is 2. The molecule has 0 amide bonds. The molecule has 0 N–H and O–H groups in total. The van der Waals surface area contributed by atoms with Crippen LogP contribution < -0.4 is 9.64 Å². The molecule has 0 unspecified atom stereocenters. The number of aryl methyl sites for hydroxylation is 1. The molecule has 0 radical (unpaired) electrons. The summed E-state index contributed by atoms with van der Waals surface area (Å²) in [6.07, 6.45) is 1.88. The molecular formula is C26H24N4O2. The van der Waals surface area contributed by atoms with Crippen LogP contribution in [0.25, 0.3) is 0 Å². The van der Waals surface area contributed by atoms with Crippen LogP contribution in [0.3, 0.4) is 0 Å². The van der Waals surface area contributed by atoms with E-state index >= 15 is 0 Å². The Morgan fingerprint density at radius 1 is 0.969 bits per heavy atom. The quantitative estimate of drug-likeness (QED) is 0.574. The number of fused-ring (bicyclic) bond motifs is 1. The maximum absolute atomic E-state index is 9.16. The third-order valence-corrected chi connectivity index (χ3v) is 5.50. The van der Waals surface area contributed by atoms with Gasteiger partial charge in [-0.15, -0.1) is 0 Å². The minimum Gasteiger partial charge on any atom is -0.461 e. The number of hydrogen-bond acceptors (Lipinski definition) is 6. The Morgan fingerprint density at radius 3 is 2.22 bits per heavy atom. The van der Waals surface area contributed by atoms with E-state index in [1.54, 1.807) is 0 Å². The fourth-order valence-corrected chi connectivity index (χ4v) is 3.72. The van der Waals surface area contributed by atoms with Gasteiger partial charge in [0.15, 0.2) is 0 Å². The van der Waals surface area contributed by atoms with Crippen LogP contribution in [0.15, 0.2) is 54.7 Å². The molecule has 4 rings (SSSR count). The standard InChI is InChI=1S/C26H24N4O2/c1-18-25-24(17-31-26(2,3)32-25)22(14-29-18)16-30(23-10-8-20(13-28)9-11-23)15-21-6-4-19(12-27)5-7-21/h4-11,14H,15-17H2,1-3H3. The zero-order chi connectivity index (χ0) is 22.7. The highest BCUT2D eigenvalue weighted by Crippen LogP contribution is 2.36. The van der Waals surface area contributed by atoms with Gasteiger partial charge in [-0.3, -0.25) is 4.98 Å². The molecule has 0 aliphatic carbocycles. The van der Waals surface area contributed by atoms with Gasteiger partial charge in [-0.1, -0.05) is 12.1 Å². The largest absolute Gasteiger partial charge is 0.461 e. The van der Waals surface area contributed by atoms with Crippen LogP contribution in [0.1, 0.15) is 47.4 Å². The molecule has 0 saturated heterocycles. The Bertz CT molecular complexity index is 1200. The van der Waals surface area contributed by atoms with Gasteiger partial charge in [-0.25, -0.2) is 0 Å². The number of pyridine rings is 1. The summed E-state index contributed by atoms with van der Waals surface area (Å²) in [5.41, 5.74) is 6.20. The van der Waals surface area contributed by atoms with Crippen LogP contribution in [0.4, 0.5) is 5.69 Å². The third-order valence-electron chi connectivity index (χ3n) is 5.50.